The summed E-state index contributed by atoms with van der Waals surface area (Å²) in [5.41, 5.74) is 1.40. The van der Waals surface area contributed by atoms with Crippen molar-refractivity contribution in [2.75, 3.05) is 4.90 Å². The minimum Gasteiger partial charge on any atom is -0.309 e. The number of nitrogens with zero attached hydrogens (tertiary/aromatic N) is 1. The third kappa shape index (κ3) is 4.55. The molecular formula is C18H28FNO. The highest BCUT2D eigenvalue weighted by Crippen LogP contribution is 2.26. The van der Waals surface area contributed by atoms with E-state index < -0.39 is 0 Å². The van der Waals surface area contributed by atoms with Gasteiger partial charge in [0.2, 0.25) is 5.91 Å². The molecule has 0 heterocycles. The summed E-state index contributed by atoms with van der Waals surface area (Å²) in [5.74, 6) is -0.169. The number of hydrogen-bond acceptors (Lipinski definition) is 1. The quantitative estimate of drug-likeness (QED) is 0.685. The van der Waals surface area contributed by atoms with E-state index in [0.717, 1.165) is 31.4 Å². The molecule has 0 aliphatic carbocycles. The van der Waals surface area contributed by atoms with Gasteiger partial charge in [-0.1, -0.05) is 40.5 Å². The number of aryl methyl sites for hydroxylation is 1. The monoisotopic (exact) mass is 293 g/mol. The van der Waals surface area contributed by atoms with Crippen LogP contribution in [0.3, 0.4) is 0 Å². The Balaban J connectivity index is 3.22. The van der Waals surface area contributed by atoms with E-state index in [9.17, 15) is 9.18 Å². The fourth-order valence-electron chi connectivity index (χ4n) is 2.64. The Bertz CT molecular complexity index is 464. The number of carbonyl (C=O) groups is 1. The second-order valence-corrected chi connectivity index (χ2v) is 6.03. The van der Waals surface area contributed by atoms with Crippen LogP contribution in [0.4, 0.5) is 10.1 Å². The van der Waals surface area contributed by atoms with Crippen LogP contribution in [0.15, 0.2) is 18.2 Å². The second kappa shape index (κ2) is 8.16. The number of anilines is 1. The van der Waals surface area contributed by atoms with Crippen LogP contribution in [0.5, 0.6) is 0 Å². The first-order valence-electron chi connectivity index (χ1n) is 8.01. The van der Waals surface area contributed by atoms with Crippen molar-refractivity contribution in [3.05, 3.63) is 29.6 Å². The van der Waals surface area contributed by atoms with E-state index in [4.69, 9.17) is 0 Å². The van der Waals surface area contributed by atoms with Gasteiger partial charge in [-0.25, -0.2) is 4.39 Å². The number of amides is 1. The molecule has 0 atom stereocenters. The average molecular weight is 293 g/mol. The second-order valence-electron chi connectivity index (χ2n) is 6.03. The molecule has 21 heavy (non-hydrogen) atoms. The first kappa shape index (κ1) is 17.7. The molecule has 0 aromatic heterocycles. The van der Waals surface area contributed by atoms with Crippen LogP contribution >= 0.6 is 0 Å². The Hall–Kier alpha value is -1.38. The highest BCUT2D eigenvalue weighted by atomic mass is 19.1. The lowest BCUT2D eigenvalue weighted by Crippen LogP contribution is -2.42. The maximum absolute atomic E-state index is 13.5. The van der Waals surface area contributed by atoms with Gasteiger partial charge in [0, 0.05) is 17.6 Å². The molecule has 0 saturated carbocycles. The number of carbonyl (C=O) groups excluding carboxylic acids is 1. The van der Waals surface area contributed by atoms with Crippen LogP contribution in [0.2, 0.25) is 0 Å². The van der Waals surface area contributed by atoms with Crippen molar-refractivity contribution in [1.29, 1.82) is 0 Å². The highest BCUT2D eigenvalue weighted by molar-refractivity contribution is 5.95. The molecule has 1 amide bonds. The normalized spacial score (nSPS) is 11.2. The van der Waals surface area contributed by atoms with Gasteiger partial charge in [0.05, 0.1) is 0 Å². The smallest absolute Gasteiger partial charge is 0.229 e. The molecule has 1 aromatic rings. The van der Waals surface area contributed by atoms with E-state index in [-0.39, 0.29) is 23.7 Å². The van der Waals surface area contributed by atoms with E-state index in [1.54, 1.807) is 19.1 Å². The van der Waals surface area contributed by atoms with Crippen molar-refractivity contribution >= 4 is 11.6 Å². The van der Waals surface area contributed by atoms with Crippen LogP contribution in [-0.2, 0) is 4.79 Å². The van der Waals surface area contributed by atoms with Gasteiger partial charge in [-0.05, 0) is 43.5 Å². The molecule has 0 aliphatic heterocycles. The Morgan fingerprint density at radius 2 is 1.76 bits per heavy atom. The summed E-state index contributed by atoms with van der Waals surface area (Å²) in [6.45, 7) is 9.85. The van der Waals surface area contributed by atoms with Gasteiger partial charge in [0.1, 0.15) is 5.82 Å². The molecule has 1 aromatic carbocycles. The van der Waals surface area contributed by atoms with Gasteiger partial charge in [0.25, 0.3) is 0 Å². The molecule has 3 heteroatoms. The number of hydrogen-bond donors (Lipinski definition) is 0. The van der Waals surface area contributed by atoms with Crippen molar-refractivity contribution in [1.82, 2.24) is 0 Å². The molecular weight excluding hydrogens is 265 g/mol. The van der Waals surface area contributed by atoms with Gasteiger partial charge < -0.3 is 4.90 Å². The third-order valence-electron chi connectivity index (χ3n) is 3.76. The van der Waals surface area contributed by atoms with E-state index >= 15 is 0 Å². The van der Waals surface area contributed by atoms with Crippen LogP contribution in [0.25, 0.3) is 0 Å². The summed E-state index contributed by atoms with van der Waals surface area (Å²) in [4.78, 5) is 14.6. The minimum atomic E-state index is -0.224. The zero-order valence-electron chi connectivity index (χ0n) is 13.9. The zero-order valence-corrected chi connectivity index (χ0v) is 13.9. The zero-order chi connectivity index (χ0) is 16.0. The molecule has 0 saturated heterocycles. The van der Waals surface area contributed by atoms with Crippen LogP contribution in [0, 0.1) is 18.7 Å². The fraction of sp³-hybridized carbons (Fsp3) is 0.611. The lowest BCUT2D eigenvalue weighted by Gasteiger charge is -2.33. The van der Waals surface area contributed by atoms with Crippen LogP contribution < -0.4 is 4.90 Å². The molecule has 2 nitrogen and oxygen atoms in total. The molecule has 0 spiro atoms. The van der Waals surface area contributed by atoms with Gasteiger partial charge in [-0.2, -0.15) is 0 Å². The average Bonchev–Trinajstić information content (AvgIpc) is 2.43. The number of rotatable bonds is 7. The standard InChI is InChI=1S/C18H28FNO/c1-6-8-15(9-7-2)20(18(21)13(3)4)16-10-11-17(19)14(5)12-16/h10-13,15H,6-9H2,1-5H3. The lowest BCUT2D eigenvalue weighted by atomic mass is 10.0. The maximum Gasteiger partial charge on any atom is 0.229 e. The molecule has 0 fully saturated rings. The summed E-state index contributed by atoms with van der Waals surface area (Å²) in [6.07, 6.45) is 4.02. The van der Waals surface area contributed by atoms with E-state index in [1.807, 2.05) is 18.7 Å². The van der Waals surface area contributed by atoms with Crippen molar-refractivity contribution in [2.24, 2.45) is 5.92 Å². The minimum absolute atomic E-state index is 0.0634. The topological polar surface area (TPSA) is 20.3 Å². The number of halogens is 1. The Morgan fingerprint density at radius 3 is 2.19 bits per heavy atom. The fourth-order valence-corrected chi connectivity index (χ4v) is 2.64. The van der Waals surface area contributed by atoms with Gasteiger partial charge in [-0.3, -0.25) is 4.79 Å². The molecule has 0 aliphatic rings. The molecule has 118 valence electrons. The predicted octanol–water partition coefficient (Wildman–Crippen LogP) is 5.09. The van der Waals surface area contributed by atoms with Crippen LogP contribution in [-0.4, -0.2) is 11.9 Å². The Labute approximate surface area is 128 Å². The first-order valence-corrected chi connectivity index (χ1v) is 8.01. The van der Waals surface area contributed by atoms with E-state index in [2.05, 4.69) is 13.8 Å². The van der Waals surface area contributed by atoms with Gasteiger partial charge >= 0.3 is 0 Å². The molecule has 0 radical (unpaired) electrons. The van der Waals surface area contributed by atoms with Gasteiger partial charge in [-0.15, -0.1) is 0 Å². The molecule has 0 unspecified atom stereocenters. The summed E-state index contributed by atoms with van der Waals surface area (Å²) in [7, 11) is 0. The predicted molar refractivity (Wildman–Crippen MR) is 87.1 cm³/mol. The lowest BCUT2D eigenvalue weighted by molar-refractivity contribution is -0.122. The van der Waals surface area contributed by atoms with E-state index in [0.29, 0.717) is 5.56 Å². The maximum atomic E-state index is 13.5. The SMILES string of the molecule is CCCC(CCC)N(C(=O)C(C)C)c1ccc(F)c(C)c1. The summed E-state index contributed by atoms with van der Waals surface area (Å²) in [5, 5.41) is 0. The van der Waals surface area contributed by atoms with Crippen molar-refractivity contribution in [3.8, 4) is 0 Å². The van der Waals surface area contributed by atoms with Crippen molar-refractivity contribution in [3.63, 3.8) is 0 Å². The van der Waals surface area contributed by atoms with Gasteiger partial charge in [0.15, 0.2) is 0 Å². The van der Waals surface area contributed by atoms with Crippen molar-refractivity contribution in [2.45, 2.75) is 66.3 Å². The Morgan fingerprint density at radius 1 is 1.19 bits per heavy atom. The third-order valence-corrected chi connectivity index (χ3v) is 3.76. The summed E-state index contributed by atoms with van der Waals surface area (Å²) >= 11 is 0. The molecule has 0 bridgehead atoms. The molecule has 1 rings (SSSR count). The summed E-state index contributed by atoms with van der Waals surface area (Å²) < 4.78 is 13.5. The first-order chi connectivity index (χ1) is 9.92. The summed E-state index contributed by atoms with van der Waals surface area (Å²) in [6, 6.07) is 5.16. The van der Waals surface area contributed by atoms with E-state index in [1.165, 1.54) is 6.07 Å². The molecule has 0 N–H and O–H groups in total. The largest absolute Gasteiger partial charge is 0.309 e. The van der Waals surface area contributed by atoms with Crippen molar-refractivity contribution < 1.29 is 9.18 Å². The van der Waals surface area contributed by atoms with Crippen LogP contribution in [0.1, 0.15) is 58.9 Å². The number of benzene rings is 1. The highest BCUT2D eigenvalue weighted by Gasteiger charge is 2.26. The Kier molecular flexibility index (Phi) is 6.86.